The summed E-state index contributed by atoms with van der Waals surface area (Å²) in [6, 6.07) is 19.5. The van der Waals surface area contributed by atoms with E-state index >= 15 is 0 Å². The molecule has 0 radical (unpaired) electrons. The summed E-state index contributed by atoms with van der Waals surface area (Å²) in [7, 11) is 1.64. The quantitative estimate of drug-likeness (QED) is 0.573. The Labute approximate surface area is 132 Å². The van der Waals surface area contributed by atoms with E-state index in [0.717, 1.165) is 33.7 Å². The first-order chi connectivity index (χ1) is 11.3. The molecular formula is C18H13N3O2. The minimum atomic E-state index is 0.426. The van der Waals surface area contributed by atoms with Gasteiger partial charge < -0.3 is 9.26 Å². The summed E-state index contributed by atoms with van der Waals surface area (Å²) in [5, 5.41) is 13.3. The number of rotatable bonds is 3. The van der Waals surface area contributed by atoms with Crippen molar-refractivity contribution in [3.63, 3.8) is 0 Å². The Kier molecular flexibility index (Phi) is 3.24. The van der Waals surface area contributed by atoms with Gasteiger partial charge in [0, 0.05) is 11.1 Å². The molecular weight excluding hydrogens is 290 g/mol. The second kappa shape index (κ2) is 5.53. The highest BCUT2D eigenvalue weighted by molar-refractivity contribution is 5.91. The summed E-state index contributed by atoms with van der Waals surface area (Å²) in [6.45, 7) is 0. The fraction of sp³-hybridized carbons (Fsp3) is 0.0556. The zero-order chi connectivity index (χ0) is 15.6. The van der Waals surface area contributed by atoms with E-state index in [9.17, 15) is 0 Å². The lowest BCUT2D eigenvalue weighted by Crippen LogP contribution is -1.88. The highest BCUT2D eigenvalue weighted by Gasteiger charge is 2.14. The molecule has 0 saturated heterocycles. The molecule has 0 aliphatic rings. The predicted octanol–water partition coefficient (Wildman–Crippen LogP) is 3.96. The van der Waals surface area contributed by atoms with Crippen molar-refractivity contribution >= 4 is 11.1 Å². The van der Waals surface area contributed by atoms with E-state index in [4.69, 9.17) is 9.26 Å². The van der Waals surface area contributed by atoms with Crippen molar-refractivity contribution in [3.05, 3.63) is 60.7 Å². The van der Waals surface area contributed by atoms with Gasteiger partial charge in [0.05, 0.1) is 18.2 Å². The molecule has 2 heterocycles. The molecule has 112 valence electrons. The summed E-state index contributed by atoms with van der Waals surface area (Å²) in [5.41, 5.74) is 3.90. The number of ether oxygens (including phenoxy) is 1. The minimum Gasteiger partial charge on any atom is -0.497 e. The molecule has 0 fully saturated rings. The third-order valence-corrected chi connectivity index (χ3v) is 3.67. The first kappa shape index (κ1) is 13.5. The maximum absolute atomic E-state index is 5.30. The van der Waals surface area contributed by atoms with E-state index in [2.05, 4.69) is 15.4 Å². The van der Waals surface area contributed by atoms with E-state index in [1.165, 1.54) is 0 Å². The van der Waals surface area contributed by atoms with Crippen LogP contribution < -0.4 is 4.74 Å². The van der Waals surface area contributed by atoms with Crippen LogP contribution >= 0.6 is 0 Å². The van der Waals surface area contributed by atoms with Crippen LogP contribution in [0.3, 0.4) is 0 Å². The van der Waals surface area contributed by atoms with Crippen molar-refractivity contribution in [2.45, 2.75) is 0 Å². The van der Waals surface area contributed by atoms with Crippen molar-refractivity contribution in [1.29, 1.82) is 0 Å². The van der Waals surface area contributed by atoms with Crippen LogP contribution in [-0.4, -0.2) is 22.5 Å². The lowest BCUT2D eigenvalue weighted by Gasteiger charge is -2.01. The van der Waals surface area contributed by atoms with Gasteiger partial charge in [-0.05, 0) is 30.3 Å². The fourth-order valence-electron chi connectivity index (χ4n) is 2.46. The molecule has 23 heavy (non-hydrogen) atoms. The molecule has 5 nitrogen and oxygen atoms in total. The van der Waals surface area contributed by atoms with Crippen LogP contribution in [0.1, 0.15) is 0 Å². The van der Waals surface area contributed by atoms with Gasteiger partial charge in [0.25, 0.3) is 5.71 Å². The SMILES string of the molecule is COc1ccc(-c2noc3nnc(-c4ccccc4)cc23)cc1. The predicted molar refractivity (Wildman–Crippen MR) is 87.0 cm³/mol. The molecule has 5 heteroatoms. The highest BCUT2D eigenvalue weighted by atomic mass is 16.5. The molecule has 0 aliphatic heterocycles. The van der Waals surface area contributed by atoms with E-state index in [1.54, 1.807) is 7.11 Å². The molecule has 0 atom stereocenters. The Morgan fingerprint density at radius 2 is 1.65 bits per heavy atom. The van der Waals surface area contributed by atoms with Gasteiger partial charge in [-0.15, -0.1) is 10.2 Å². The first-order valence-corrected chi connectivity index (χ1v) is 7.18. The standard InChI is InChI=1S/C18H13N3O2/c1-22-14-9-7-13(8-10-14)17-15-11-16(12-5-3-2-4-6-12)19-20-18(15)23-21-17/h2-11H,1H3. The molecule has 0 unspecified atom stereocenters. The normalized spacial score (nSPS) is 10.8. The zero-order valence-corrected chi connectivity index (χ0v) is 12.4. The second-order valence-corrected chi connectivity index (χ2v) is 5.07. The Morgan fingerprint density at radius 3 is 2.39 bits per heavy atom. The van der Waals surface area contributed by atoms with Crippen molar-refractivity contribution in [2.24, 2.45) is 0 Å². The van der Waals surface area contributed by atoms with Crippen LogP contribution in [0.4, 0.5) is 0 Å². The molecule has 4 rings (SSSR count). The number of benzene rings is 2. The van der Waals surface area contributed by atoms with Gasteiger partial charge in [0.15, 0.2) is 0 Å². The van der Waals surface area contributed by atoms with Crippen LogP contribution in [0.15, 0.2) is 65.2 Å². The fourth-order valence-corrected chi connectivity index (χ4v) is 2.46. The van der Waals surface area contributed by atoms with E-state index in [-0.39, 0.29) is 0 Å². The topological polar surface area (TPSA) is 61.0 Å². The van der Waals surface area contributed by atoms with Crippen molar-refractivity contribution in [1.82, 2.24) is 15.4 Å². The number of aromatic nitrogens is 3. The van der Waals surface area contributed by atoms with Gasteiger partial charge in [0.1, 0.15) is 11.4 Å². The number of hydrogen-bond donors (Lipinski definition) is 0. The van der Waals surface area contributed by atoms with E-state index in [0.29, 0.717) is 5.71 Å². The monoisotopic (exact) mass is 303 g/mol. The van der Waals surface area contributed by atoms with Gasteiger partial charge in [-0.25, -0.2) is 0 Å². The molecule has 2 aromatic carbocycles. The molecule has 0 amide bonds. The van der Waals surface area contributed by atoms with Crippen LogP contribution in [0.2, 0.25) is 0 Å². The van der Waals surface area contributed by atoms with Crippen LogP contribution in [0, 0.1) is 0 Å². The molecule has 0 bridgehead atoms. The smallest absolute Gasteiger partial charge is 0.277 e. The van der Waals surface area contributed by atoms with Gasteiger partial charge >= 0.3 is 0 Å². The largest absolute Gasteiger partial charge is 0.497 e. The minimum absolute atomic E-state index is 0.426. The average Bonchev–Trinajstić information content (AvgIpc) is 3.05. The van der Waals surface area contributed by atoms with E-state index < -0.39 is 0 Å². The van der Waals surface area contributed by atoms with Crippen molar-refractivity contribution in [3.8, 4) is 28.3 Å². The molecule has 0 N–H and O–H groups in total. The van der Waals surface area contributed by atoms with Gasteiger partial charge in [0.2, 0.25) is 0 Å². The van der Waals surface area contributed by atoms with Crippen LogP contribution in [-0.2, 0) is 0 Å². The number of methoxy groups -OCH3 is 1. The van der Waals surface area contributed by atoms with Crippen LogP contribution in [0.25, 0.3) is 33.6 Å². The molecule has 0 saturated carbocycles. The Balaban J connectivity index is 1.84. The lowest BCUT2D eigenvalue weighted by atomic mass is 10.1. The maximum atomic E-state index is 5.30. The number of nitrogens with zero attached hydrogens (tertiary/aromatic N) is 3. The summed E-state index contributed by atoms with van der Waals surface area (Å²) in [6.07, 6.45) is 0. The Bertz CT molecular complexity index is 947. The summed E-state index contributed by atoms with van der Waals surface area (Å²) in [4.78, 5) is 0. The molecule has 0 aliphatic carbocycles. The van der Waals surface area contributed by atoms with Gasteiger partial charge in [-0.1, -0.05) is 35.5 Å². The molecule has 2 aromatic heterocycles. The van der Waals surface area contributed by atoms with Crippen molar-refractivity contribution in [2.75, 3.05) is 7.11 Å². The van der Waals surface area contributed by atoms with Gasteiger partial charge in [-0.2, -0.15) is 0 Å². The van der Waals surface area contributed by atoms with Crippen molar-refractivity contribution < 1.29 is 9.26 Å². The average molecular weight is 303 g/mol. The van der Waals surface area contributed by atoms with Crippen LogP contribution in [0.5, 0.6) is 5.75 Å². The zero-order valence-electron chi connectivity index (χ0n) is 12.4. The number of fused-ring (bicyclic) bond motifs is 1. The molecule has 0 spiro atoms. The third kappa shape index (κ3) is 2.42. The third-order valence-electron chi connectivity index (χ3n) is 3.67. The maximum Gasteiger partial charge on any atom is 0.277 e. The summed E-state index contributed by atoms with van der Waals surface area (Å²) >= 11 is 0. The van der Waals surface area contributed by atoms with Gasteiger partial charge in [-0.3, -0.25) is 0 Å². The highest BCUT2D eigenvalue weighted by Crippen LogP contribution is 2.30. The summed E-state index contributed by atoms with van der Waals surface area (Å²) < 4.78 is 10.5. The Morgan fingerprint density at radius 1 is 0.870 bits per heavy atom. The molecule has 4 aromatic rings. The lowest BCUT2D eigenvalue weighted by molar-refractivity contribution is 0.415. The second-order valence-electron chi connectivity index (χ2n) is 5.07. The first-order valence-electron chi connectivity index (χ1n) is 7.18. The number of hydrogen-bond acceptors (Lipinski definition) is 5. The van der Waals surface area contributed by atoms with E-state index in [1.807, 2.05) is 60.7 Å². The summed E-state index contributed by atoms with van der Waals surface area (Å²) in [5.74, 6) is 0.798. The Hall–Kier alpha value is -3.21.